The Bertz CT molecular complexity index is 102. The van der Waals surface area contributed by atoms with Crippen LogP contribution in [0.2, 0.25) is 0 Å². The molecule has 0 aromatic rings. The Labute approximate surface area is 54.2 Å². The van der Waals surface area contributed by atoms with Crippen molar-refractivity contribution in [3.8, 4) is 0 Å². The lowest BCUT2D eigenvalue weighted by Gasteiger charge is -2.22. The molecular weight excluding hydrogens is 121 g/mol. The summed E-state index contributed by atoms with van der Waals surface area (Å²) in [7, 11) is 0. The minimum atomic E-state index is 0.0562. The lowest BCUT2D eigenvalue weighted by atomic mass is 10.4. The van der Waals surface area contributed by atoms with Crippen molar-refractivity contribution in [2.75, 3.05) is 0 Å². The van der Waals surface area contributed by atoms with E-state index in [9.17, 15) is 4.48 Å². The van der Waals surface area contributed by atoms with Crippen molar-refractivity contribution < 1.29 is 4.48 Å². The molecule has 3 nitrogen and oxygen atoms in total. The maximum absolute atomic E-state index is 11.5. The van der Waals surface area contributed by atoms with Crippen LogP contribution in [0.25, 0.3) is 0 Å². The molecule has 0 radical (unpaired) electrons. The maximum Gasteiger partial charge on any atom is 0.138 e. The van der Waals surface area contributed by atoms with Crippen LogP contribution in [0.3, 0.4) is 0 Å². The summed E-state index contributed by atoms with van der Waals surface area (Å²) < 4.78 is 11.5. The van der Waals surface area contributed by atoms with Crippen LogP contribution in [-0.2, 0) is 0 Å². The molecule has 4 heteroatoms. The van der Waals surface area contributed by atoms with Crippen LogP contribution in [0, 0.1) is 0 Å². The molecule has 0 aliphatic carbocycles. The first-order chi connectivity index (χ1) is 4.09. The SMILES string of the molecule is C=C(NF)N(N)C(C)C. The number of hydrogen-bond acceptors (Lipinski definition) is 3. The highest BCUT2D eigenvalue weighted by Crippen LogP contribution is 1.96. The predicted octanol–water partition coefficient (Wildman–Crippen LogP) is 0.516. The molecule has 0 aromatic heterocycles. The minimum absolute atomic E-state index is 0.0562. The molecule has 0 atom stereocenters. The number of nitrogens with two attached hydrogens (primary N) is 1. The van der Waals surface area contributed by atoms with Crippen LogP contribution in [-0.4, -0.2) is 11.1 Å². The fourth-order valence-electron chi connectivity index (χ4n) is 0.360. The second-order valence-corrected chi connectivity index (χ2v) is 2.04. The Morgan fingerprint density at radius 2 is 2.22 bits per heavy atom. The third-order valence-electron chi connectivity index (χ3n) is 0.977. The fraction of sp³-hybridized carbons (Fsp3) is 0.600. The maximum atomic E-state index is 11.5. The zero-order valence-corrected chi connectivity index (χ0v) is 5.69. The van der Waals surface area contributed by atoms with Crippen LogP contribution < -0.4 is 11.4 Å². The molecule has 54 valence electrons. The van der Waals surface area contributed by atoms with Crippen molar-refractivity contribution in [2.45, 2.75) is 19.9 Å². The van der Waals surface area contributed by atoms with Crippen LogP contribution in [0.1, 0.15) is 13.8 Å². The second kappa shape index (κ2) is 3.29. The van der Waals surface area contributed by atoms with Gasteiger partial charge in [0.25, 0.3) is 0 Å². The smallest absolute Gasteiger partial charge is 0.138 e. The number of nitrogens with one attached hydrogen (secondary N) is 1. The molecule has 0 amide bonds. The average Bonchev–Trinajstić information content (AvgIpc) is 1.84. The molecule has 0 saturated carbocycles. The molecule has 0 rings (SSSR count). The number of nitrogens with zero attached hydrogens (tertiary/aromatic N) is 1. The van der Waals surface area contributed by atoms with Gasteiger partial charge in [-0.15, -0.1) is 4.48 Å². The average molecular weight is 133 g/mol. The Balaban J connectivity index is 3.72. The van der Waals surface area contributed by atoms with Gasteiger partial charge in [-0.05, 0) is 13.8 Å². The number of halogens is 1. The summed E-state index contributed by atoms with van der Waals surface area (Å²) >= 11 is 0. The van der Waals surface area contributed by atoms with Crippen molar-refractivity contribution in [1.82, 2.24) is 10.5 Å². The Hall–Kier alpha value is -0.770. The quantitative estimate of drug-likeness (QED) is 0.335. The van der Waals surface area contributed by atoms with Gasteiger partial charge in [-0.2, -0.15) is 0 Å². The molecule has 0 aromatic carbocycles. The highest BCUT2D eigenvalue weighted by atomic mass is 19.2. The molecule has 0 aliphatic heterocycles. The first-order valence-corrected chi connectivity index (χ1v) is 2.69. The number of hydrazine groups is 1. The number of rotatable bonds is 3. The first kappa shape index (κ1) is 8.23. The van der Waals surface area contributed by atoms with Gasteiger partial charge in [-0.3, -0.25) is 5.01 Å². The van der Waals surface area contributed by atoms with Crippen LogP contribution in [0.4, 0.5) is 4.48 Å². The predicted molar refractivity (Wildman–Crippen MR) is 34.5 cm³/mol. The van der Waals surface area contributed by atoms with Gasteiger partial charge in [0.05, 0.1) is 0 Å². The third-order valence-corrected chi connectivity index (χ3v) is 0.977. The number of hydrogen-bond donors (Lipinski definition) is 2. The topological polar surface area (TPSA) is 41.3 Å². The van der Waals surface area contributed by atoms with Gasteiger partial charge in [0.2, 0.25) is 0 Å². The zero-order chi connectivity index (χ0) is 7.44. The molecule has 9 heavy (non-hydrogen) atoms. The molecule has 0 aliphatic rings. The Morgan fingerprint density at radius 3 is 2.33 bits per heavy atom. The van der Waals surface area contributed by atoms with E-state index in [2.05, 4.69) is 6.58 Å². The van der Waals surface area contributed by atoms with Gasteiger partial charge in [0.1, 0.15) is 5.82 Å². The van der Waals surface area contributed by atoms with Crippen molar-refractivity contribution in [2.24, 2.45) is 5.84 Å². The van der Waals surface area contributed by atoms with Gasteiger partial charge in [-0.1, -0.05) is 6.58 Å². The van der Waals surface area contributed by atoms with Gasteiger partial charge < -0.3 is 0 Å². The normalized spacial score (nSPS) is 9.44. The molecule has 0 saturated heterocycles. The standard InChI is InChI=1S/C5H12FN3/c1-4(2)9(7)5(3)8-6/h4,8H,3,7H2,1-2H3. The van der Waals surface area contributed by atoms with E-state index in [4.69, 9.17) is 5.84 Å². The summed E-state index contributed by atoms with van der Waals surface area (Å²) in [5, 5.41) is 1.21. The molecule has 0 bridgehead atoms. The van der Waals surface area contributed by atoms with Crippen LogP contribution in [0.15, 0.2) is 12.4 Å². The summed E-state index contributed by atoms with van der Waals surface area (Å²) in [4.78, 5) is 0. The van der Waals surface area contributed by atoms with Gasteiger partial charge in [0, 0.05) is 6.04 Å². The van der Waals surface area contributed by atoms with Crippen molar-refractivity contribution in [1.29, 1.82) is 0 Å². The molecule has 0 spiro atoms. The van der Waals surface area contributed by atoms with E-state index in [1.54, 1.807) is 0 Å². The summed E-state index contributed by atoms with van der Waals surface area (Å²) in [6.07, 6.45) is 0. The monoisotopic (exact) mass is 133 g/mol. The first-order valence-electron chi connectivity index (χ1n) is 2.69. The molecule has 3 N–H and O–H groups in total. The van der Waals surface area contributed by atoms with E-state index in [0.717, 1.165) is 0 Å². The molecule has 0 fully saturated rings. The van der Waals surface area contributed by atoms with Crippen molar-refractivity contribution in [3.63, 3.8) is 0 Å². The molecule has 0 heterocycles. The van der Waals surface area contributed by atoms with E-state index in [1.165, 1.54) is 10.5 Å². The van der Waals surface area contributed by atoms with E-state index >= 15 is 0 Å². The van der Waals surface area contributed by atoms with E-state index < -0.39 is 0 Å². The summed E-state index contributed by atoms with van der Waals surface area (Å²) in [6.45, 7) is 6.98. The van der Waals surface area contributed by atoms with Crippen molar-refractivity contribution >= 4 is 0 Å². The highest BCUT2D eigenvalue weighted by molar-refractivity contribution is 4.85. The minimum Gasteiger partial charge on any atom is -0.293 e. The van der Waals surface area contributed by atoms with Crippen LogP contribution >= 0.6 is 0 Å². The summed E-state index contributed by atoms with van der Waals surface area (Å²) in [5.74, 6) is 5.38. The second-order valence-electron chi connectivity index (χ2n) is 2.04. The zero-order valence-electron chi connectivity index (χ0n) is 5.69. The summed E-state index contributed by atoms with van der Waals surface area (Å²) in [6, 6.07) is 0.0562. The lowest BCUT2D eigenvalue weighted by Crippen LogP contribution is -2.39. The fourth-order valence-corrected chi connectivity index (χ4v) is 0.360. The van der Waals surface area contributed by atoms with Gasteiger partial charge in [-0.25, -0.2) is 11.4 Å². The van der Waals surface area contributed by atoms with Crippen molar-refractivity contribution in [3.05, 3.63) is 12.4 Å². The lowest BCUT2D eigenvalue weighted by molar-refractivity contribution is 0.221. The van der Waals surface area contributed by atoms with E-state index in [0.29, 0.717) is 0 Å². The Kier molecular flexibility index (Phi) is 3.01. The highest BCUT2D eigenvalue weighted by Gasteiger charge is 2.04. The Morgan fingerprint density at radius 1 is 1.78 bits per heavy atom. The van der Waals surface area contributed by atoms with E-state index in [1.807, 2.05) is 13.8 Å². The van der Waals surface area contributed by atoms with Gasteiger partial charge >= 0.3 is 0 Å². The van der Waals surface area contributed by atoms with Gasteiger partial charge in [0.15, 0.2) is 0 Å². The van der Waals surface area contributed by atoms with E-state index in [-0.39, 0.29) is 11.9 Å². The third kappa shape index (κ3) is 2.32. The summed E-state index contributed by atoms with van der Waals surface area (Å²) in [5.41, 5.74) is 1.35. The van der Waals surface area contributed by atoms with Crippen LogP contribution in [0.5, 0.6) is 0 Å². The largest absolute Gasteiger partial charge is 0.293 e. The molecular formula is C5H12FN3. The molecule has 0 unspecified atom stereocenters.